The molecular formula is C14H17ClN4OS. The van der Waals surface area contributed by atoms with Crippen LogP contribution in [0.5, 0.6) is 0 Å². The number of nitrogens with zero attached hydrogens (tertiary/aromatic N) is 1. The molecule has 2 rings (SSSR count). The number of carbonyl (C=O) groups excluding carboxylic acids is 1. The number of thiophene rings is 1. The zero-order chi connectivity index (χ0) is 15.2. The lowest BCUT2D eigenvalue weighted by Gasteiger charge is -2.08. The number of rotatable bonds is 6. The fourth-order valence-corrected chi connectivity index (χ4v) is 2.92. The zero-order valence-electron chi connectivity index (χ0n) is 11.6. The maximum Gasteiger partial charge on any atom is 0.251 e. The minimum atomic E-state index is -0.157. The largest absolute Gasteiger partial charge is 0.347 e. The van der Waals surface area contributed by atoms with E-state index >= 15 is 0 Å². The molecule has 2 aromatic rings. The Morgan fingerprint density at radius 1 is 1.43 bits per heavy atom. The number of pyridine rings is 1. The summed E-state index contributed by atoms with van der Waals surface area (Å²) in [7, 11) is 0. The average molecular weight is 325 g/mol. The highest BCUT2D eigenvalue weighted by Crippen LogP contribution is 2.21. The summed E-state index contributed by atoms with van der Waals surface area (Å²) >= 11 is 7.31. The maximum absolute atomic E-state index is 12.2. The number of nitrogen functional groups attached to an aromatic ring is 1. The molecule has 2 heterocycles. The molecule has 21 heavy (non-hydrogen) atoms. The van der Waals surface area contributed by atoms with E-state index in [1.165, 1.54) is 11.3 Å². The Kier molecular flexibility index (Phi) is 5.55. The second-order valence-corrected chi connectivity index (χ2v) is 6.31. The number of amides is 1. The van der Waals surface area contributed by atoms with Crippen molar-refractivity contribution in [3.63, 3.8) is 0 Å². The normalized spacial score (nSPS) is 10.4. The molecule has 4 N–H and O–H groups in total. The van der Waals surface area contributed by atoms with Gasteiger partial charge < -0.3 is 10.7 Å². The van der Waals surface area contributed by atoms with E-state index in [9.17, 15) is 4.79 Å². The van der Waals surface area contributed by atoms with Crippen molar-refractivity contribution in [3.8, 4) is 0 Å². The predicted octanol–water partition coefficient (Wildman–Crippen LogP) is 2.96. The van der Waals surface area contributed by atoms with Gasteiger partial charge in [0.2, 0.25) is 0 Å². The average Bonchev–Trinajstić information content (AvgIpc) is 2.90. The minimum absolute atomic E-state index is 0.157. The Labute approximate surface area is 132 Å². The molecule has 0 aliphatic rings. The van der Waals surface area contributed by atoms with Crippen LogP contribution in [0.15, 0.2) is 24.3 Å². The molecule has 0 aliphatic heterocycles. The number of halogens is 1. The molecule has 0 bridgehead atoms. The van der Waals surface area contributed by atoms with Gasteiger partial charge in [-0.3, -0.25) is 4.79 Å². The fraction of sp³-hybridized carbons (Fsp3) is 0.286. The highest BCUT2D eigenvalue weighted by atomic mass is 35.5. The van der Waals surface area contributed by atoms with Gasteiger partial charge in [0.25, 0.3) is 5.91 Å². The molecule has 0 unspecified atom stereocenters. The molecule has 0 aromatic carbocycles. The van der Waals surface area contributed by atoms with Crippen LogP contribution in [0, 0.1) is 0 Å². The van der Waals surface area contributed by atoms with Crippen LogP contribution in [0.25, 0.3) is 0 Å². The van der Waals surface area contributed by atoms with Crippen molar-refractivity contribution in [2.24, 2.45) is 5.84 Å². The summed E-state index contributed by atoms with van der Waals surface area (Å²) in [4.78, 5) is 17.5. The third-order valence-corrected chi connectivity index (χ3v) is 4.08. The van der Waals surface area contributed by atoms with Gasteiger partial charge in [-0.25, -0.2) is 10.8 Å². The van der Waals surface area contributed by atoms with E-state index in [0.717, 1.165) is 23.4 Å². The lowest BCUT2D eigenvalue weighted by Crippen LogP contribution is -2.23. The van der Waals surface area contributed by atoms with E-state index in [1.54, 1.807) is 12.1 Å². The standard InChI is InChI=1S/C14H17ClN4OS/c1-2-3-10-6-9(7-13(18-10)19-16)14(20)17-8-11-4-5-12(15)21-11/h4-7H,2-3,8,16H2,1H3,(H,17,20)(H,18,19). The summed E-state index contributed by atoms with van der Waals surface area (Å²) in [6, 6.07) is 7.14. The number of hydrogen-bond donors (Lipinski definition) is 3. The Bertz CT molecular complexity index is 629. The van der Waals surface area contributed by atoms with Crippen LogP contribution in [0.1, 0.15) is 34.3 Å². The maximum atomic E-state index is 12.2. The van der Waals surface area contributed by atoms with Crippen LogP contribution in [-0.2, 0) is 13.0 Å². The van der Waals surface area contributed by atoms with Crippen molar-refractivity contribution in [1.29, 1.82) is 0 Å². The number of hydrogen-bond acceptors (Lipinski definition) is 5. The van der Waals surface area contributed by atoms with Crippen LogP contribution in [0.3, 0.4) is 0 Å². The SMILES string of the molecule is CCCc1cc(C(=O)NCc2ccc(Cl)s2)cc(NN)n1. The number of anilines is 1. The van der Waals surface area contributed by atoms with Gasteiger partial charge in [-0.05, 0) is 30.7 Å². The molecule has 112 valence electrons. The molecule has 2 aromatic heterocycles. The molecule has 0 saturated heterocycles. The Morgan fingerprint density at radius 3 is 2.86 bits per heavy atom. The van der Waals surface area contributed by atoms with Crippen LogP contribution in [0.4, 0.5) is 5.82 Å². The van der Waals surface area contributed by atoms with E-state index in [2.05, 4.69) is 22.7 Å². The lowest BCUT2D eigenvalue weighted by atomic mass is 10.1. The van der Waals surface area contributed by atoms with Crippen molar-refractivity contribution in [3.05, 3.63) is 44.7 Å². The van der Waals surface area contributed by atoms with Gasteiger partial charge in [0.05, 0.1) is 10.9 Å². The number of nitrogens with one attached hydrogen (secondary N) is 2. The van der Waals surface area contributed by atoms with Gasteiger partial charge in [-0.2, -0.15) is 0 Å². The number of hydrazine groups is 1. The summed E-state index contributed by atoms with van der Waals surface area (Å²) in [5.41, 5.74) is 3.88. The predicted molar refractivity (Wildman–Crippen MR) is 86.5 cm³/mol. The molecular weight excluding hydrogens is 308 g/mol. The number of nitrogens with two attached hydrogens (primary N) is 1. The van der Waals surface area contributed by atoms with Crippen molar-refractivity contribution in [2.45, 2.75) is 26.3 Å². The fourth-order valence-electron chi connectivity index (χ4n) is 1.89. The quantitative estimate of drug-likeness (QED) is 0.563. The van der Waals surface area contributed by atoms with Crippen molar-refractivity contribution < 1.29 is 4.79 Å². The van der Waals surface area contributed by atoms with Crippen LogP contribution < -0.4 is 16.6 Å². The van der Waals surface area contributed by atoms with Gasteiger partial charge in [0.1, 0.15) is 5.82 Å². The van der Waals surface area contributed by atoms with Gasteiger partial charge in [-0.1, -0.05) is 24.9 Å². The highest BCUT2D eigenvalue weighted by molar-refractivity contribution is 7.16. The Morgan fingerprint density at radius 2 is 2.24 bits per heavy atom. The van der Waals surface area contributed by atoms with Crippen LogP contribution in [-0.4, -0.2) is 10.9 Å². The van der Waals surface area contributed by atoms with Crippen LogP contribution in [0.2, 0.25) is 4.34 Å². The van der Waals surface area contributed by atoms with Gasteiger partial charge in [-0.15, -0.1) is 11.3 Å². The summed E-state index contributed by atoms with van der Waals surface area (Å²) < 4.78 is 0.711. The lowest BCUT2D eigenvalue weighted by molar-refractivity contribution is 0.0951. The van der Waals surface area contributed by atoms with Gasteiger partial charge in [0, 0.05) is 16.1 Å². The summed E-state index contributed by atoms with van der Waals surface area (Å²) in [6.07, 6.45) is 1.76. The molecule has 0 fully saturated rings. The van der Waals surface area contributed by atoms with E-state index < -0.39 is 0 Å². The third kappa shape index (κ3) is 4.42. The molecule has 0 saturated carbocycles. The molecule has 0 spiro atoms. The first-order valence-electron chi connectivity index (χ1n) is 6.62. The number of carbonyl (C=O) groups is 1. The van der Waals surface area contributed by atoms with E-state index in [-0.39, 0.29) is 5.91 Å². The molecule has 0 radical (unpaired) electrons. The molecule has 5 nitrogen and oxygen atoms in total. The zero-order valence-corrected chi connectivity index (χ0v) is 13.2. The molecule has 0 aliphatic carbocycles. The second-order valence-electron chi connectivity index (χ2n) is 4.52. The van der Waals surface area contributed by atoms with Crippen molar-refractivity contribution >= 4 is 34.7 Å². The summed E-state index contributed by atoms with van der Waals surface area (Å²) in [6.45, 7) is 2.51. The first kappa shape index (κ1) is 15.8. The minimum Gasteiger partial charge on any atom is -0.347 e. The highest BCUT2D eigenvalue weighted by Gasteiger charge is 2.10. The Hall–Kier alpha value is -1.63. The van der Waals surface area contributed by atoms with Crippen LogP contribution >= 0.6 is 22.9 Å². The van der Waals surface area contributed by atoms with E-state index in [0.29, 0.717) is 22.3 Å². The number of aryl methyl sites for hydroxylation is 1. The number of aromatic nitrogens is 1. The summed E-state index contributed by atoms with van der Waals surface area (Å²) in [5, 5.41) is 2.87. The topological polar surface area (TPSA) is 80.0 Å². The monoisotopic (exact) mass is 324 g/mol. The molecule has 0 atom stereocenters. The van der Waals surface area contributed by atoms with Crippen molar-refractivity contribution in [2.75, 3.05) is 5.43 Å². The first-order valence-corrected chi connectivity index (χ1v) is 7.81. The van der Waals surface area contributed by atoms with Crippen molar-refractivity contribution in [1.82, 2.24) is 10.3 Å². The summed E-state index contributed by atoms with van der Waals surface area (Å²) in [5.74, 6) is 5.73. The first-order chi connectivity index (χ1) is 10.1. The smallest absolute Gasteiger partial charge is 0.251 e. The Balaban J connectivity index is 2.08. The van der Waals surface area contributed by atoms with Gasteiger partial charge in [0.15, 0.2) is 0 Å². The third-order valence-electron chi connectivity index (χ3n) is 2.85. The van der Waals surface area contributed by atoms with E-state index in [4.69, 9.17) is 17.4 Å². The molecule has 1 amide bonds. The van der Waals surface area contributed by atoms with E-state index in [1.807, 2.05) is 12.1 Å². The second kappa shape index (κ2) is 7.40. The molecule has 7 heteroatoms. The van der Waals surface area contributed by atoms with Gasteiger partial charge >= 0.3 is 0 Å².